The molecule has 0 spiro atoms. The van der Waals surface area contributed by atoms with Crippen LogP contribution in [0.1, 0.15) is 11.4 Å². The number of aryl methyl sites for hydroxylation is 1. The smallest absolute Gasteiger partial charge is 0.155 e. The first-order chi connectivity index (χ1) is 5.74. The van der Waals surface area contributed by atoms with Gasteiger partial charge in [0.25, 0.3) is 0 Å². The van der Waals surface area contributed by atoms with Crippen molar-refractivity contribution in [1.82, 2.24) is 4.98 Å². The third kappa shape index (κ3) is 1.97. The Morgan fingerprint density at radius 2 is 2.25 bits per heavy atom. The van der Waals surface area contributed by atoms with Crippen molar-refractivity contribution in [2.75, 3.05) is 6.61 Å². The highest BCUT2D eigenvalue weighted by Crippen LogP contribution is 2.12. The molecule has 0 aliphatic carbocycles. The molecule has 1 rings (SSSR count). The first-order valence-corrected chi connectivity index (χ1v) is 3.50. The number of aromatic hydroxyl groups is 1. The highest BCUT2D eigenvalue weighted by molar-refractivity contribution is 5.40. The van der Waals surface area contributed by atoms with Gasteiger partial charge in [-0.05, 0) is 25.0 Å². The number of rotatable bonds is 0. The molecule has 1 aromatic heterocycles. The molecule has 0 radical (unpaired) electrons. The van der Waals surface area contributed by atoms with Crippen LogP contribution in [0.5, 0.6) is 5.75 Å². The highest BCUT2D eigenvalue weighted by atomic mass is 16.3. The molecule has 2 N–H and O–H groups in total. The van der Waals surface area contributed by atoms with E-state index in [4.69, 9.17) is 5.11 Å². The summed E-state index contributed by atoms with van der Waals surface area (Å²) in [4.78, 5) is 3.98. The summed E-state index contributed by atoms with van der Waals surface area (Å²) in [5, 5.41) is 17.6. The van der Waals surface area contributed by atoms with Gasteiger partial charge in [0.1, 0.15) is 12.4 Å². The zero-order valence-electron chi connectivity index (χ0n) is 6.70. The second-order valence-corrected chi connectivity index (χ2v) is 2.28. The standard InChI is InChI=1S/C9H9NO2/c1-7-4-5-9(12)8(10-7)3-2-6-11/h4-5,11-12H,6H2,1H3. The van der Waals surface area contributed by atoms with Gasteiger partial charge in [-0.1, -0.05) is 5.92 Å². The van der Waals surface area contributed by atoms with E-state index in [1.54, 1.807) is 6.07 Å². The molecule has 1 aromatic rings. The average Bonchev–Trinajstić information content (AvgIpc) is 2.07. The predicted molar refractivity (Wildman–Crippen MR) is 44.6 cm³/mol. The van der Waals surface area contributed by atoms with Crippen molar-refractivity contribution in [3.63, 3.8) is 0 Å². The Morgan fingerprint density at radius 3 is 2.92 bits per heavy atom. The second kappa shape index (κ2) is 3.74. The van der Waals surface area contributed by atoms with E-state index in [0.717, 1.165) is 5.69 Å². The first kappa shape index (κ1) is 8.57. The molecule has 3 nitrogen and oxygen atoms in total. The monoisotopic (exact) mass is 163 g/mol. The third-order valence-corrected chi connectivity index (χ3v) is 1.30. The van der Waals surface area contributed by atoms with Crippen LogP contribution in [0.15, 0.2) is 12.1 Å². The molecule has 0 aromatic carbocycles. The van der Waals surface area contributed by atoms with E-state index in [9.17, 15) is 5.11 Å². The quantitative estimate of drug-likeness (QED) is 0.545. The Kier molecular flexibility index (Phi) is 2.67. The molecule has 62 valence electrons. The van der Waals surface area contributed by atoms with Gasteiger partial charge in [0.05, 0.1) is 0 Å². The van der Waals surface area contributed by atoms with Gasteiger partial charge in [0, 0.05) is 5.69 Å². The van der Waals surface area contributed by atoms with Crippen LogP contribution in [0, 0.1) is 18.8 Å². The number of hydrogen-bond acceptors (Lipinski definition) is 3. The van der Waals surface area contributed by atoms with E-state index in [0.29, 0.717) is 5.69 Å². The van der Waals surface area contributed by atoms with Crippen LogP contribution in [0.25, 0.3) is 0 Å². The Labute approximate surface area is 70.7 Å². The number of aliphatic hydroxyl groups excluding tert-OH is 1. The van der Waals surface area contributed by atoms with Gasteiger partial charge in [-0.15, -0.1) is 0 Å². The molecule has 0 saturated carbocycles. The average molecular weight is 163 g/mol. The van der Waals surface area contributed by atoms with Gasteiger partial charge in [-0.25, -0.2) is 4.98 Å². The van der Waals surface area contributed by atoms with Crippen LogP contribution in [-0.4, -0.2) is 21.8 Å². The molecule has 3 heteroatoms. The molecule has 1 heterocycles. The highest BCUT2D eigenvalue weighted by Gasteiger charge is 1.97. The predicted octanol–water partition coefficient (Wildman–Crippen LogP) is 0.439. The van der Waals surface area contributed by atoms with E-state index in [-0.39, 0.29) is 12.4 Å². The third-order valence-electron chi connectivity index (χ3n) is 1.30. The summed E-state index contributed by atoms with van der Waals surface area (Å²) in [5.41, 5.74) is 1.10. The lowest BCUT2D eigenvalue weighted by Crippen LogP contribution is -1.87. The summed E-state index contributed by atoms with van der Waals surface area (Å²) < 4.78 is 0. The van der Waals surface area contributed by atoms with Crippen molar-refractivity contribution < 1.29 is 10.2 Å². The van der Waals surface area contributed by atoms with Crippen LogP contribution in [0.2, 0.25) is 0 Å². The normalized spacial score (nSPS) is 8.83. The lowest BCUT2D eigenvalue weighted by atomic mass is 10.3. The SMILES string of the molecule is Cc1ccc(O)c(C#CCO)n1. The molecular weight excluding hydrogens is 154 g/mol. The maximum Gasteiger partial charge on any atom is 0.155 e. The Bertz CT molecular complexity index is 336. The van der Waals surface area contributed by atoms with Crippen molar-refractivity contribution >= 4 is 0 Å². The zero-order chi connectivity index (χ0) is 8.97. The fourth-order valence-electron chi connectivity index (χ4n) is 0.765. The largest absolute Gasteiger partial charge is 0.505 e. The van der Waals surface area contributed by atoms with Crippen LogP contribution in [0.3, 0.4) is 0 Å². The number of aliphatic hydroxyl groups is 1. The summed E-state index contributed by atoms with van der Waals surface area (Å²) in [5.74, 6) is 5.00. The maximum absolute atomic E-state index is 9.21. The lowest BCUT2D eigenvalue weighted by Gasteiger charge is -1.96. The van der Waals surface area contributed by atoms with E-state index >= 15 is 0 Å². The molecule has 0 atom stereocenters. The minimum atomic E-state index is -0.227. The fraction of sp³-hybridized carbons (Fsp3) is 0.222. The van der Waals surface area contributed by atoms with Crippen LogP contribution in [-0.2, 0) is 0 Å². The molecule has 0 unspecified atom stereocenters. The number of hydrogen-bond donors (Lipinski definition) is 2. The van der Waals surface area contributed by atoms with Gasteiger partial charge in [0.15, 0.2) is 5.69 Å². The summed E-state index contributed by atoms with van der Waals surface area (Å²) in [6, 6.07) is 3.23. The number of nitrogens with zero attached hydrogens (tertiary/aromatic N) is 1. The summed E-state index contributed by atoms with van der Waals surface area (Å²) >= 11 is 0. The molecule has 0 aliphatic heterocycles. The second-order valence-electron chi connectivity index (χ2n) is 2.28. The van der Waals surface area contributed by atoms with Gasteiger partial charge in [0.2, 0.25) is 0 Å². The summed E-state index contributed by atoms with van der Waals surface area (Å²) in [6.07, 6.45) is 0. The van der Waals surface area contributed by atoms with Crippen LogP contribution in [0.4, 0.5) is 0 Å². The van der Waals surface area contributed by atoms with Crippen molar-refractivity contribution in [3.05, 3.63) is 23.5 Å². The number of pyridine rings is 1. The minimum Gasteiger partial charge on any atom is -0.505 e. The van der Waals surface area contributed by atoms with Crippen molar-refractivity contribution in [2.45, 2.75) is 6.92 Å². The van der Waals surface area contributed by atoms with Gasteiger partial charge < -0.3 is 10.2 Å². The molecule has 0 bridgehead atoms. The molecule has 0 amide bonds. The van der Waals surface area contributed by atoms with E-state index in [1.165, 1.54) is 6.07 Å². The first-order valence-electron chi connectivity index (χ1n) is 3.50. The Hall–Kier alpha value is -1.53. The van der Waals surface area contributed by atoms with Crippen molar-refractivity contribution in [3.8, 4) is 17.6 Å². The van der Waals surface area contributed by atoms with Gasteiger partial charge in [-0.3, -0.25) is 0 Å². The number of aromatic nitrogens is 1. The molecule has 0 saturated heterocycles. The van der Waals surface area contributed by atoms with Gasteiger partial charge in [-0.2, -0.15) is 0 Å². The van der Waals surface area contributed by atoms with Crippen molar-refractivity contribution in [1.29, 1.82) is 0 Å². The minimum absolute atomic E-state index is 0.0431. The summed E-state index contributed by atoms with van der Waals surface area (Å²) in [6.45, 7) is 1.58. The summed E-state index contributed by atoms with van der Waals surface area (Å²) in [7, 11) is 0. The van der Waals surface area contributed by atoms with E-state index in [1.807, 2.05) is 6.92 Å². The molecule has 12 heavy (non-hydrogen) atoms. The zero-order valence-corrected chi connectivity index (χ0v) is 6.70. The molecule has 0 fully saturated rings. The Morgan fingerprint density at radius 1 is 1.50 bits per heavy atom. The topological polar surface area (TPSA) is 53.4 Å². The molecular formula is C9H9NO2. The van der Waals surface area contributed by atoms with Crippen molar-refractivity contribution in [2.24, 2.45) is 0 Å². The van der Waals surface area contributed by atoms with Crippen LogP contribution < -0.4 is 0 Å². The maximum atomic E-state index is 9.21. The Balaban J connectivity index is 3.05. The van der Waals surface area contributed by atoms with E-state index in [2.05, 4.69) is 16.8 Å². The fourth-order valence-corrected chi connectivity index (χ4v) is 0.765. The van der Waals surface area contributed by atoms with Gasteiger partial charge >= 0.3 is 0 Å². The van der Waals surface area contributed by atoms with E-state index < -0.39 is 0 Å². The van der Waals surface area contributed by atoms with Crippen LogP contribution >= 0.6 is 0 Å². The lowest BCUT2D eigenvalue weighted by molar-refractivity contribution is 0.350. The molecule has 0 aliphatic rings.